The van der Waals surface area contributed by atoms with Crippen molar-refractivity contribution < 1.29 is 9.90 Å². The lowest BCUT2D eigenvalue weighted by Gasteiger charge is -2.23. The molecule has 8 heteroatoms. The highest BCUT2D eigenvalue weighted by molar-refractivity contribution is 6.34. The predicted molar refractivity (Wildman–Crippen MR) is 109 cm³/mol. The summed E-state index contributed by atoms with van der Waals surface area (Å²) in [6.07, 6.45) is 6.84. The molecule has 1 atom stereocenters. The largest absolute Gasteiger partial charge is 0.373 e. The van der Waals surface area contributed by atoms with E-state index < -0.39 is 17.8 Å². The molecule has 7 nitrogen and oxygen atoms in total. The highest BCUT2D eigenvalue weighted by Crippen LogP contribution is 2.28. The number of nitrogens with zero attached hydrogens (tertiary/aromatic N) is 2. The molecule has 0 aliphatic heterocycles. The Balaban J connectivity index is 1.76. The van der Waals surface area contributed by atoms with Crippen LogP contribution in [0, 0.1) is 5.92 Å². The van der Waals surface area contributed by atoms with Gasteiger partial charge >= 0.3 is 5.69 Å². The minimum atomic E-state index is -0.889. The summed E-state index contributed by atoms with van der Waals surface area (Å²) in [4.78, 5) is 32.1. The fraction of sp³-hybridized carbons (Fsp3) is 0.450. The normalized spacial score (nSPS) is 16.2. The second-order valence-corrected chi connectivity index (χ2v) is 7.56. The van der Waals surface area contributed by atoms with Crippen molar-refractivity contribution in [3.8, 4) is 0 Å². The van der Waals surface area contributed by atoms with Crippen molar-refractivity contribution in [2.24, 2.45) is 5.92 Å². The first-order chi connectivity index (χ1) is 13.5. The number of halogens is 1. The van der Waals surface area contributed by atoms with Gasteiger partial charge in [0.2, 0.25) is 0 Å². The zero-order valence-corrected chi connectivity index (χ0v) is 16.6. The van der Waals surface area contributed by atoms with Crippen LogP contribution in [-0.4, -0.2) is 34.3 Å². The maximum Gasteiger partial charge on any atom is 0.346 e. The Morgan fingerprint density at radius 2 is 2.00 bits per heavy atom. The van der Waals surface area contributed by atoms with Crippen molar-refractivity contribution in [1.82, 2.24) is 15.3 Å². The lowest BCUT2D eigenvalue weighted by atomic mass is 9.98. The summed E-state index contributed by atoms with van der Waals surface area (Å²) in [5.41, 5.74) is 0.484. The Labute approximate surface area is 168 Å². The van der Waals surface area contributed by atoms with Gasteiger partial charge < -0.3 is 15.3 Å². The number of amides is 1. The van der Waals surface area contributed by atoms with Crippen LogP contribution in [0.25, 0.3) is 0 Å². The molecule has 0 spiro atoms. The van der Waals surface area contributed by atoms with E-state index in [0.717, 1.165) is 25.7 Å². The van der Waals surface area contributed by atoms with Gasteiger partial charge in [0.15, 0.2) is 0 Å². The number of aromatic amines is 1. The van der Waals surface area contributed by atoms with Crippen LogP contribution in [-0.2, 0) is 0 Å². The van der Waals surface area contributed by atoms with E-state index in [1.54, 1.807) is 36.2 Å². The van der Waals surface area contributed by atoms with E-state index in [1.165, 1.54) is 19.0 Å². The maximum atomic E-state index is 12.7. The number of carbonyl (C=O) groups excluding carboxylic acids is 1. The third kappa shape index (κ3) is 4.91. The van der Waals surface area contributed by atoms with E-state index in [4.69, 9.17) is 11.6 Å². The van der Waals surface area contributed by atoms with Crippen LogP contribution in [0.2, 0.25) is 5.02 Å². The molecule has 28 heavy (non-hydrogen) atoms. The summed E-state index contributed by atoms with van der Waals surface area (Å²) in [5, 5.41) is 13.5. The molecule has 1 saturated carbocycles. The molecule has 3 rings (SSSR count). The van der Waals surface area contributed by atoms with Crippen LogP contribution in [0.3, 0.4) is 0 Å². The summed E-state index contributed by atoms with van der Waals surface area (Å²) in [6, 6.07) is 6.67. The average Bonchev–Trinajstić information content (AvgIpc) is 2.97. The Hall–Kier alpha value is -2.38. The molecular weight excluding hydrogens is 380 g/mol. The van der Waals surface area contributed by atoms with Crippen LogP contribution in [0.15, 0.2) is 35.3 Å². The first-order valence-electron chi connectivity index (χ1n) is 9.53. The molecule has 2 aromatic rings. The van der Waals surface area contributed by atoms with E-state index in [0.29, 0.717) is 16.5 Å². The molecule has 1 heterocycles. The number of nitrogens with one attached hydrogen (secondary N) is 2. The molecule has 3 N–H and O–H groups in total. The van der Waals surface area contributed by atoms with Crippen molar-refractivity contribution in [3.05, 3.63) is 51.5 Å². The van der Waals surface area contributed by atoms with Crippen molar-refractivity contribution >= 4 is 29.0 Å². The second kappa shape index (κ2) is 9.21. The standard InChI is InChI=1S/C20H25ClN4O3/c1-25(17-10-11-22-20(28)23-17)14-8-9-16(21)15(12-14)19(27)24-18(26)13-6-4-2-3-5-7-13/h8-13,18,26H,2-7H2,1H3,(H,24,27)(H,22,23,28). The summed E-state index contributed by atoms with van der Waals surface area (Å²) in [7, 11) is 1.76. The van der Waals surface area contributed by atoms with Crippen LogP contribution in [0.1, 0.15) is 48.9 Å². The summed E-state index contributed by atoms with van der Waals surface area (Å²) < 4.78 is 0. The Kier molecular flexibility index (Phi) is 6.70. The number of carbonyl (C=O) groups is 1. The summed E-state index contributed by atoms with van der Waals surface area (Å²) in [6.45, 7) is 0. The minimum absolute atomic E-state index is 0.0676. The number of aliphatic hydroxyl groups is 1. The highest BCUT2D eigenvalue weighted by atomic mass is 35.5. The predicted octanol–water partition coefficient (Wildman–Crippen LogP) is 3.21. The van der Waals surface area contributed by atoms with Crippen molar-refractivity contribution in [2.75, 3.05) is 11.9 Å². The molecular formula is C20H25ClN4O3. The van der Waals surface area contributed by atoms with Crippen molar-refractivity contribution in [2.45, 2.75) is 44.8 Å². The summed E-state index contributed by atoms with van der Waals surface area (Å²) >= 11 is 6.23. The fourth-order valence-corrected chi connectivity index (χ4v) is 3.75. The Morgan fingerprint density at radius 1 is 1.29 bits per heavy atom. The Bertz CT molecular complexity index is 878. The van der Waals surface area contributed by atoms with E-state index in [2.05, 4.69) is 15.3 Å². The maximum absolute atomic E-state index is 12.7. The number of rotatable bonds is 5. The van der Waals surface area contributed by atoms with Crippen LogP contribution < -0.4 is 15.9 Å². The molecule has 0 saturated heterocycles. The van der Waals surface area contributed by atoms with Gasteiger partial charge in [-0.25, -0.2) is 9.78 Å². The van der Waals surface area contributed by atoms with Gasteiger partial charge in [0.25, 0.3) is 5.91 Å². The molecule has 150 valence electrons. The smallest absolute Gasteiger partial charge is 0.346 e. The van der Waals surface area contributed by atoms with Gasteiger partial charge in [0.05, 0.1) is 10.6 Å². The number of hydrogen-bond donors (Lipinski definition) is 3. The fourth-order valence-electron chi connectivity index (χ4n) is 3.55. The number of aliphatic hydroxyl groups excluding tert-OH is 1. The van der Waals surface area contributed by atoms with E-state index >= 15 is 0 Å². The SMILES string of the molecule is CN(c1ccc(Cl)c(C(=O)NC(O)C2CCCCCC2)c1)c1ccnc(=O)[nH]1. The van der Waals surface area contributed by atoms with Crippen molar-refractivity contribution in [3.63, 3.8) is 0 Å². The molecule has 1 unspecified atom stereocenters. The van der Waals surface area contributed by atoms with Crippen molar-refractivity contribution in [1.29, 1.82) is 0 Å². The van der Waals surface area contributed by atoms with Gasteiger partial charge in [-0.2, -0.15) is 0 Å². The van der Waals surface area contributed by atoms with Crippen LogP contribution in [0.5, 0.6) is 0 Å². The molecule has 0 bridgehead atoms. The second-order valence-electron chi connectivity index (χ2n) is 7.15. The van der Waals surface area contributed by atoms with Gasteiger partial charge in [-0.15, -0.1) is 0 Å². The first-order valence-corrected chi connectivity index (χ1v) is 9.91. The van der Waals surface area contributed by atoms with Crippen LogP contribution >= 0.6 is 11.6 Å². The number of benzene rings is 1. The van der Waals surface area contributed by atoms with Gasteiger partial charge in [-0.05, 0) is 37.1 Å². The number of anilines is 2. The summed E-state index contributed by atoms with van der Waals surface area (Å²) in [5.74, 6) is 0.186. The van der Waals surface area contributed by atoms with Gasteiger partial charge in [0.1, 0.15) is 12.0 Å². The lowest BCUT2D eigenvalue weighted by Crippen LogP contribution is -2.40. The molecule has 1 amide bonds. The van der Waals surface area contributed by atoms with Gasteiger partial charge in [-0.3, -0.25) is 9.78 Å². The third-order valence-electron chi connectivity index (χ3n) is 5.23. The number of H-pyrrole nitrogens is 1. The third-order valence-corrected chi connectivity index (χ3v) is 5.56. The molecule has 0 radical (unpaired) electrons. The van der Waals surface area contributed by atoms with E-state index in [-0.39, 0.29) is 11.5 Å². The number of hydrogen-bond acceptors (Lipinski definition) is 5. The monoisotopic (exact) mass is 404 g/mol. The quantitative estimate of drug-likeness (QED) is 0.525. The van der Waals surface area contributed by atoms with E-state index in [9.17, 15) is 14.7 Å². The minimum Gasteiger partial charge on any atom is -0.373 e. The van der Waals surface area contributed by atoms with Gasteiger partial charge in [-0.1, -0.05) is 37.3 Å². The zero-order valence-electron chi connectivity index (χ0n) is 15.8. The topological polar surface area (TPSA) is 98.3 Å². The van der Waals surface area contributed by atoms with E-state index in [1.807, 2.05) is 0 Å². The average molecular weight is 405 g/mol. The zero-order chi connectivity index (χ0) is 20.1. The molecule has 1 aliphatic rings. The lowest BCUT2D eigenvalue weighted by molar-refractivity contribution is 0.0532. The molecule has 1 aromatic carbocycles. The highest BCUT2D eigenvalue weighted by Gasteiger charge is 2.24. The molecule has 1 aliphatic carbocycles. The Morgan fingerprint density at radius 3 is 2.68 bits per heavy atom. The number of aromatic nitrogens is 2. The van der Waals surface area contributed by atoms with Crippen LogP contribution in [0.4, 0.5) is 11.5 Å². The molecule has 1 fully saturated rings. The van der Waals surface area contributed by atoms with Gasteiger partial charge in [0, 0.05) is 24.8 Å². The molecule has 1 aromatic heterocycles. The first kappa shape index (κ1) is 20.4.